The number of hydrogen-bond donors (Lipinski definition) is 1. The molecule has 2 heterocycles. The van der Waals surface area contributed by atoms with Crippen LogP contribution in [-0.4, -0.2) is 17.6 Å². The Morgan fingerprint density at radius 3 is 2.86 bits per heavy atom. The Kier molecular flexibility index (Phi) is 2.86. The summed E-state index contributed by atoms with van der Waals surface area (Å²) in [4.78, 5) is 4.37. The van der Waals surface area contributed by atoms with Crippen LogP contribution in [0.15, 0.2) is 54.9 Å². The summed E-state index contributed by atoms with van der Waals surface area (Å²) >= 11 is 0. The molecule has 3 aromatic rings. The van der Waals surface area contributed by atoms with Crippen molar-refractivity contribution < 1.29 is 4.74 Å². The van der Waals surface area contributed by atoms with Crippen LogP contribution < -0.4 is 10.5 Å². The number of para-hydroxylation sites is 1. The van der Waals surface area contributed by atoms with Gasteiger partial charge in [-0.25, -0.2) is 0 Å². The maximum atomic E-state index is 6.04. The maximum Gasteiger partial charge on any atom is 0.131 e. The zero-order valence-electron chi connectivity index (χ0n) is 11.6. The van der Waals surface area contributed by atoms with E-state index in [0.717, 1.165) is 28.7 Å². The molecule has 0 saturated heterocycles. The lowest BCUT2D eigenvalue weighted by Crippen LogP contribution is -2.24. The van der Waals surface area contributed by atoms with Crippen LogP contribution in [0.4, 0.5) is 0 Å². The van der Waals surface area contributed by atoms with Gasteiger partial charge in [0.25, 0.3) is 0 Å². The van der Waals surface area contributed by atoms with Crippen molar-refractivity contribution in [3.63, 3.8) is 0 Å². The van der Waals surface area contributed by atoms with Gasteiger partial charge >= 0.3 is 0 Å². The smallest absolute Gasteiger partial charge is 0.131 e. The van der Waals surface area contributed by atoms with E-state index in [-0.39, 0.29) is 6.10 Å². The van der Waals surface area contributed by atoms with Crippen LogP contribution in [0.2, 0.25) is 0 Å². The molecular weight excluding hydrogens is 260 g/mol. The van der Waals surface area contributed by atoms with Crippen LogP contribution in [0.5, 0.6) is 5.75 Å². The van der Waals surface area contributed by atoms with E-state index in [2.05, 4.69) is 41.4 Å². The summed E-state index contributed by atoms with van der Waals surface area (Å²) in [6.45, 7) is 0.544. The Morgan fingerprint density at radius 2 is 1.95 bits per heavy atom. The molecule has 0 fully saturated rings. The fourth-order valence-electron chi connectivity index (χ4n) is 3.01. The van der Waals surface area contributed by atoms with E-state index >= 15 is 0 Å². The van der Waals surface area contributed by atoms with Crippen LogP contribution >= 0.6 is 0 Å². The van der Waals surface area contributed by atoms with Gasteiger partial charge in [-0.15, -0.1) is 0 Å². The SMILES string of the molecule is NC[C@H]1Cc2cccc(-c3cncc4ccccc34)c2O1. The number of nitrogens with two attached hydrogens (primary N) is 1. The fourth-order valence-corrected chi connectivity index (χ4v) is 3.01. The van der Waals surface area contributed by atoms with Crippen molar-refractivity contribution in [1.29, 1.82) is 0 Å². The molecule has 0 amide bonds. The second-order valence-electron chi connectivity index (χ2n) is 5.38. The molecule has 0 saturated carbocycles. The Balaban J connectivity index is 1.93. The monoisotopic (exact) mass is 276 g/mol. The van der Waals surface area contributed by atoms with Gasteiger partial charge in [-0.2, -0.15) is 0 Å². The highest BCUT2D eigenvalue weighted by atomic mass is 16.5. The summed E-state index contributed by atoms with van der Waals surface area (Å²) in [6, 6.07) is 14.6. The molecule has 0 unspecified atom stereocenters. The molecule has 0 aliphatic carbocycles. The van der Waals surface area contributed by atoms with Crippen LogP contribution in [-0.2, 0) is 6.42 Å². The molecule has 0 radical (unpaired) electrons. The molecule has 104 valence electrons. The quantitative estimate of drug-likeness (QED) is 0.782. The van der Waals surface area contributed by atoms with E-state index in [4.69, 9.17) is 10.5 Å². The van der Waals surface area contributed by atoms with Crippen molar-refractivity contribution in [2.24, 2.45) is 5.73 Å². The third-order valence-corrected chi connectivity index (χ3v) is 4.05. The normalized spacial score (nSPS) is 16.7. The first-order valence-electron chi connectivity index (χ1n) is 7.18. The lowest BCUT2D eigenvalue weighted by atomic mass is 9.98. The third kappa shape index (κ3) is 1.98. The third-order valence-electron chi connectivity index (χ3n) is 4.05. The summed E-state index contributed by atoms with van der Waals surface area (Å²) in [5.41, 5.74) is 9.21. The molecule has 4 rings (SSSR count). The van der Waals surface area contributed by atoms with Gasteiger partial charge in [0.05, 0.1) is 0 Å². The van der Waals surface area contributed by atoms with E-state index in [9.17, 15) is 0 Å². The van der Waals surface area contributed by atoms with E-state index in [1.807, 2.05) is 18.5 Å². The van der Waals surface area contributed by atoms with Crippen molar-refractivity contribution in [3.8, 4) is 16.9 Å². The molecule has 3 heteroatoms. The topological polar surface area (TPSA) is 48.1 Å². The standard InChI is InChI=1S/C18H16N2O/c19-9-14-8-12-5-3-7-16(18(12)21-14)17-11-20-10-13-4-1-2-6-15(13)17/h1-7,10-11,14H,8-9,19H2/t14-/m1/s1. The van der Waals surface area contributed by atoms with E-state index < -0.39 is 0 Å². The van der Waals surface area contributed by atoms with E-state index in [1.54, 1.807) is 0 Å². The summed E-state index contributed by atoms with van der Waals surface area (Å²) in [6.07, 6.45) is 4.78. The Morgan fingerprint density at radius 1 is 1.05 bits per heavy atom. The molecule has 1 aliphatic rings. The van der Waals surface area contributed by atoms with Gasteiger partial charge in [0, 0.05) is 41.9 Å². The number of ether oxygens (including phenoxy) is 1. The average Bonchev–Trinajstić information content (AvgIpc) is 2.97. The van der Waals surface area contributed by atoms with Crippen LogP contribution in [0.25, 0.3) is 21.9 Å². The molecule has 3 nitrogen and oxygen atoms in total. The van der Waals surface area contributed by atoms with Gasteiger partial charge < -0.3 is 10.5 Å². The maximum absolute atomic E-state index is 6.04. The predicted octanol–water partition coefficient (Wildman–Crippen LogP) is 3.16. The molecule has 0 spiro atoms. The zero-order valence-corrected chi connectivity index (χ0v) is 11.6. The van der Waals surface area contributed by atoms with Crippen molar-refractivity contribution >= 4 is 10.8 Å². The highest BCUT2D eigenvalue weighted by Crippen LogP contribution is 2.40. The van der Waals surface area contributed by atoms with Gasteiger partial charge in [0.1, 0.15) is 11.9 Å². The van der Waals surface area contributed by atoms with Crippen LogP contribution in [0.3, 0.4) is 0 Å². The van der Waals surface area contributed by atoms with Crippen LogP contribution in [0, 0.1) is 0 Å². The molecule has 1 aromatic heterocycles. The summed E-state index contributed by atoms with van der Waals surface area (Å²) < 4.78 is 6.04. The molecule has 0 bridgehead atoms. The number of benzene rings is 2. The minimum atomic E-state index is 0.0871. The van der Waals surface area contributed by atoms with Crippen molar-refractivity contribution in [2.45, 2.75) is 12.5 Å². The second-order valence-corrected chi connectivity index (χ2v) is 5.38. The minimum Gasteiger partial charge on any atom is -0.488 e. The number of pyridine rings is 1. The zero-order chi connectivity index (χ0) is 14.2. The number of rotatable bonds is 2. The lowest BCUT2D eigenvalue weighted by molar-refractivity contribution is 0.242. The Bertz CT molecular complexity index is 808. The van der Waals surface area contributed by atoms with Crippen molar-refractivity contribution in [3.05, 3.63) is 60.4 Å². The summed E-state index contributed by atoms with van der Waals surface area (Å²) in [5.74, 6) is 0.964. The Labute approximate surface area is 123 Å². The van der Waals surface area contributed by atoms with Crippen molar-refractivity contribution in [2.75, 3.05) is 6.54 Å². The van der Waals surface area contributed by atoms with Gasteiger partial charge in [-0.3, -0.25) is 4.98 Å². The Hall–Kier alpha value is -2.39. The molecule has 1 atom stereocenters. The predicted molar refractivity (Wildman–Crippen MR) is 84.4 cm³/mol. The lowest BCUT2D eigenvalue weighted by Gasteiger charge is -2.12. The largest absolute Gasteiger partial charge is 0.488 e. The van der Waals surface area contributed by atoms with Crippen LogP contribution in [0.1, 0.15) is 5.56 Å². The molecular formula is C18H16N2O. The number of hydrogen-bond acceptors (Lipinski definition) is 3. The van der Waals surface area contributed by atoms with Gasteiger partial charge in [0.2, 0.25) is 0 Å². The van der Waals surface area contributed by atoms with Gasteiger partial charge in [-0.05, 0) is 10.9 Å². The molecule has 1 aliphatic heterocycles. The fraction of sp³-hybridized carbons (Fsp3) is 0.167. The highest BCUT2D eigenvalue weighted by molar-refractivity contribution is 5.97. The first-order chi connectivity index (χ1) is 10.4. The van der Waals surface area contributed by atoms with Gasteiger partial charge in [0.15, 0.2) is 0 Å². The van der Waals surface area contributed by atoms with Gasteiger partial charge in [-0.1, -0.05) is 42.5 Å². The number of nitrogens with zero attached hydrogens (tertiary/aromatic N) is 1. The first-order valence-corrected chi connectivity index (χ1v) is 7.18. The second kappa shape index (κ2) is 4.86. The van der Waals surface area contributed by atoms with Crippen molar-refractivity contribution in [1.82, 2.24) is 4.98 Å². The summed E-state index contributed by atoms with van der Waals surface area (Å²) in [5, 5.41) is 2.33. The molecule has 2 N–H and O–H groups in total. The highest BCUT2D eigenvalue weighted by Gasteiger charge is 2.25. The number of aromatic nitrogens is 1. The van der Waals surface area contributed by atoms with E-state index in [1.165, 1.54) is 10.9 Å². The molecule has 2 aromatic carbocycles. The average molecular weight is 276 g/mol. The van der Waals surface area contributed by atoms with E-state index in [0.29, 0.717) is 6.54 Å². The minimum absolute atomic E-state index is 0.0871. The molecule has 21 heavy (non-hydrogen) atoms. The number of fused-ring (bicyclic) bond motifs is 2. The first kappa shape index (κ1) is 12.4. The summed E-state index contributed by atoms with van der Waals surface area (Å²) in [7, 11) is 0.